The van der Waals surface area contributed by atoms with Crippen LogP contribution in [0, 0.1) is 0 Å². The molecule has 2 amide bonds. The van der Waals surface area contributed by atoms with Crippen molar-refractivity contribution in [3.63, 3.8) is 0 Å². The lowest BCUT2D eigenvalue weighted by Gasteiger charge is -2.28. The van der Waals surface area contributed by atoms with Crippen LogP contribution in [0.2, 0.25) is 10.0 Å². The van der Waals surface area contributed by atoms with Crippen LogP contribution in [0.15, 0.2) is 46.9 Å². The minimum absolute atomic E-state index is 0.219. The Labute approximate surface area is 189 Å². The van der Waals surface area contributed by atoms with Gasteiger partial charge in [0.1, 0.15) is 11.8 Å². The predicted molar refractivity (Wildman–Crippen MR) is 119 cm³/mol. The Hall–Kier alpha value is -1.76. The van der Waals surface area contributed by atoms with Crippen molar-refractivity contribution in [2.45, 2.75) is 32.9 Å². The summed E-state index contributed by atoms with van der Waals surface area (Å²) in [6, 6.07) is 11.7. The number of hydrogen-bond acceptors (Lipinski definition) is 3. The summed E-state index contributed by atoms with van der Waals surface area (Å²) < 4.78 is 6.42. The molecule has 0 aromatic heterocycles. The van der Waals surface area contributed by atoms with Gasteiger partial charge >= 0.3 is 0 Å². The first-order chi connectivity index (χ1) is 13.8. The van der Waals surface area contributed by atoms with Crippen LogP contribution >= 0.6 is 39.1 Å². The number of amides is 2. The maximum absolute atomic E-state index is 12.9. The third kappa shape index (κ3) is 7.21. The molecule has 0 saturated heterocycles. The minimum Gasteiger partial charge on any atom is -0.482 e. The predicted octanol–water partition coefficient (Wildman–Crippen LogP) is 5.08. The topological polar surface area (TPSA) is 58.6 Å². The smallest absolute Gasteiger partial charge is 0.261 e. The van der Waals surface area contributed by atoms with Crippen molar-refractivity contribution in [3.05, 3.63) is 62.5 Å². The number of nitrogens with one attached hydrogen (secondary N) is 1. The highest BCUT2D eigenvalue weighted by Gasteiger charge is 2.26. The molecule has 0 bridgehead atoms. The van der Waals surface area contributed by atoms with E-state index >= 15 is 0 Å². The molecule has 0 saturated carbocycles. The highest BCUT2D eigenvalue weighted by molar-refractivity contribution is 9.10. The number of ether oxygens (including phenoxy) is 1. The van der Waals surface area contributed by atoms with E-state index in [9.17, 15) is 9.59 Å². The van der Waals surface area contributed by atoms with Gasteiger partial charge in [-0.1, -0.05) is 58.2 Å². The van der Waals surface area contributed by atoms with Gasteiger partial charge in [0.25, 0.3) is 5.91 Å². The van der Waals surface area contributed by atoms with Crippen LogP contribution in [-0.4, -0.2) is 35.9 Å². The van der Waals surface area contributed by atoms with Crippen LogP contribution in [0.5, 0.6) is 5.75 Å². The van der Waals surface area contributed by atoms with E-state index < -0.39 is 6.04 Å². The number of carbonyl (C=O) groups is 2. The van der Waals surface area contributed by atoms with E-state index in [-0.39, 0.29) is 25.0 Å². The Bertz CT molecular complexity index is 864. The van der Waals surface area contributed by atoms with Gasteiger partial charge in [0, 0.05) is 22.6 Å². The molecule has 2 aromatic rings. The van der Waals surface area contributed by atoms with Gasteiger partial charge in [-0.2, -0.15) is 0 Å². The SMILES string of the molecule is CCCNC(=O)[C@H](C)N(Cc1cccc(Cl)c1)C(=O)COc1ccc(Br)cc1Cl. The summed E-state index contributed by atoms with van der Waals surface area (Å²) in [6.07, 6.45) is 0.811. The van der Waals surface area contributed by atoms with Crippen LogP contribution in [-0.2, 0) is 16.1 Å². The number of hydrogen-bond donors (Lipinski definition) is 1. The fourth-order valence-corrected chi connectivity index (χ4v) is 3.57. The molecule has 1 N–H and O–H groups in total. The van der Waals surface area contributed by atoms with Crippen LogP contribution in [0.4, 0.5) is 0 Å². The zero-order valence-corrected chi connectivity index (χ0v) is 19.4. The normalized spacial score (nSPS) is 11.6. The van der Waals surface area contributed by atoms with E-state index in [0.717, 1.165) is 16.5 Å². The monoisotopic (exact) mass is 500 g/mol. The van der Waals surface area contributed by atoms with Gasteiger partial charge in [-0.25, -0.2) is 0 Å². The van der Waals surface area contributed by atoms with Gasteiger partial charge in [0.15, 0.2) is 6.61 Å². The lowest BCUT2D eigenvalue weighted by atomic mass is 10.1. The second kappa shape index (κ2) is 11.4. The Kier molecular flexibility index (Phi) is 9.27. The average molecular weight is 502 g/mol. The Morgan fingerprint density at radius 1 is 1.21 bits per heavy atom. The molecular formula is C21H23BrCl2N2O3. The highest BCUT2D eigenvalue weighted by Crippen LogP contribution is 2.27. The van der Waals surface area contributed by atoms with Crippen molar-refractivity contribution in [3.8, 4) is 5.75 Å². The average Bonchev–Trinajstić information content (AvgIpc) is 2.69. The van der Waals surface area contributed by atoms with Crippen molar-refractivity contribution in [1.82, 2.24) is 10.2 Å². The number of rotatable bonds is 9. The largest absolute Gasteiger partial charge is 0.482 e. The summed E-state index contributed by atoms with van der Waals surface area (Å²) in [5.74, 6) is -0.152. The zero-order chi connectivity index (χ0) is 21.4. The van der Waals surface area contributed by atoms with E-state index in [1.54, 1.807) is 43.3 Å². The fraction of sp³-hybridized carbons (Fsp3) is 0.333. The molecule has 5 nitrogen and oxygen atoms in total. The van der Waals surface area contributed by atoms with Crippen LogP contribution < -0.4 is 10.1 Å². The van der Waals surface area contributed by atoms with Gasteiger partial charge in [-0.15, -0.1) is 0 Å². The van der Waals surface area contributed by atoms with E-state index in [0.29, 0.717) is 22.3 Å². The fourth-order valence-electron chi connectivity index (χ4n) is 2.63. The standard InChI is InChI=1S/C21H23BrCl2N2O3/c1-3-9-25-21(28)14(2)26(12-15-5-4-6-17(23)10-15)20(27)13-29-19-8-7-16(22)11-18(19)24/h4-8,10-11,14H,3,9,12-13H2,1-2H3,(H,25,28)/t14-/m0/s1. The molecule has 0 heterocycles. The van der Waals surface area contributed by atoms with Crippen LogP contribution in [0.25, 0.3) is 0 Å². The van der Waals surface area contributed by atoms with Gasteiger partial charge < -0.3 is 15.0 Å². The van der Waals surface area contributed by atoms with Crippen molar-refractivity contribution >= 4 is 50.9 Å². The summed E-state index contributed by atoms with van der Waals surface area (Å²) >= 11 is 15.5. The molecule has 0 spiro atoms. The van der Waals surface area contributed by atoms with Gasteiger partial charge in [0.2, 0.25) is 5.91 Å². The van der Waals surface area contributed by atoms with Crippen LogP contribution in [0.3, 0.4) is 0 Å². The first kappa shape index (κ1) is 23.5. The van der Waals surface area contributed by atoms with E-state index in [1.807, 2.05) is 13.0 Å². The molecule has 0 radical (unpaired) electrons. The van der Waals surface area contributed by atoms with Crippen molar-refractivity contribution in [2.75, 3.05) is 13.2 Å². The molecule has 29 heavy (non-hydrogen) atoms. The summed E-state index contributed by atoms with van der Waals surface area (Å²) in [4.78, 5) is 26.9. The van der Waals surface area contributed by atoms with Crippen LogP contribution in [0.1, 0.15) is 25.8 Å². The number of halogens is 3. The molecule has 0 unspecified atom stereocenters. The summed E-state index contributed by atoms with van der Waals surface area (Å²) in [6.45, 7) is 4.20. The zero-order valence-electron chi connectivity index (χ0n) is 16.3. The van der Waals surface area contributed by atoms with E-state index in [1.165, 1.54) is 4.90 Å². The Morgan fingerprint density at radius 3 is 2.62 bits per heavy atom. The molecule has 1 atom stereocenters. The van der Waals surface area contributed by atoms with Crippen molar-refractivity contribution < 1.29 is 14.3 Å². The quantitative estimate of drug-likeness (QED) is 0.521. The third-order valence-electron chi connectivity index (χ3n) is 4.20. The number of carbonyl (C=O) groups excluding carboxylic acids is 2. The molecule has 0 aliphatic rings. The molecule has 8 heteroatoms. The molecule has 0 aliphatic heterocycles. The molecule has 2 rings (SSSR count). The number of benzene rings is 2. The Balaban J connectivity index is 2.15. The lowest BCUT2D eigenvalue weighted by molar-refractivity contribution is -0.142. The van der Waals surface area contributed by atoms with Gasteiger partial charge in [-0.05, 0) is 49.2 Å². The molecular weight excluding hydrogens is 479 g/mol. The Morgan fingerprint density at radius 2 is 1.97 bits per heavy atom. The second-order valence-corrected chi connectivity index (χ2v) is 8.24. The number of nitrogens with zero attached hydrogens (tertiary/aromatic N) is 1. The summed E-state index contributed by atoms with van der Waals surface area (Å²) in [7, 11) is 0. The highest BCUT2D eigenvalue weighted by atomic mass is 79.9. The van der Waals surface area contributed by atoms with E-state index in [2.05, 4.69) is 21.2 Å². The van der Waals surface area contributed by atoms with Crippen molar-refractivity contribution in [1.29, 1.82) is 0 Å². The third-order valence-corrected chi connectivity index (χ3v) is 5.23. The van der Waals surface area contributed by atoms with Gasteiger partial charge in [-0.3, -0.25) is 9.59 Å². The minimum atomic E-state index is -0.669. The summed E-state index contributed by atoms with van der Waals surface area (Å²) in [5, 5.41) is 3.78. The maximum atomic E-state index is 12.9. The molecule has 156 valence electrons. The first-order valence-corrected chi connectivity index (χ1v) is 10.8. The van der Waals surface area contributed by atoms with Gasteiger partial charge in [0.05, 0.1) is 5.02 Å². The first-order valence-electron chi connectivity index (χ1n) is 9.21. The van der Waals surface area contributed by atoms with E-state index in [4.69, 9.17) is 27.9 Å². The second-order valence-electron chi connectivity index (χ2n) is 6.48. The molecule has 0 aliphatic carbocycles. The molecule has 0 fully saturated rings. The summed E-state index contributed by atoms with van der Waals surface area (Å²) in [5.41, 5.74) is 0.822. The lowest BCUT2D eigenvalue weighted by Crippen LogP contribution is -2.49. The van der Waals surface area contributed by atoms with Crippen molar-refractivity contribution in [2.24, 2.45) is 0 Å². The molecule has 2 aromatic carbocycles. The maximum Gasteiger partial charge on any atom is 0.261 e.